The molecule has 0 amide bonds. The summed E-state index contributed by atoms with van der Waals surface area (Å²) < 4.78 is 0. The zero-order chi connectivity index (χ0) is 28.3. The average molecular weight is 519 g/mol. The summed E-state index contributed by atoms with van der Waals surface area (Å²) in [5, 5.41) is 4.93. The van der Waals surface area contributed by atoms with Gasteiger partial charge in [0, 0.05) is 34.2 Å². The van der Waals surface area contributed by atoms with Crippen molar-refractivity contribution in [1.82, 2.24) is 0 Å². The Morgan fingerprint density at radius 1 is 0.700 bits per heavy atom. The molecule has 40 heavy (non-hydrogen) atoms. The van der Waals surface area contributed by atoms with E-state index < -0.39 is 0 Å². The van der Waals surface area contributed by atoms with Crippen molar-refractivity contribution < 1.29 is 0 Å². The first-order chi connectivity index (χ1) is 19.2. The molecule has 0 bridgehead atoms. The first-order valence-corrected chi connectivity index (χ1v) is 13.9. The summed E-state index contributed by atoms with van der Waals surface area (Å²) in [6.07, 6.45) is 4.31. The molecule has 196 valence electrons. The number of anilines is 2. The van der Waals surface area contributed by atoms with Crippen molar-refractivity contribution in [2.45, 2.75) is 34.6 Å². The lowest BCUT2D eigenvalue weighted by Gasteiger charge is -2.45. The van der Waals surface area contributed by atoms with Gasteiger partial charge in [-0.05, 0) is 96.8 Å². The summed E-state index contributed by atoms with van der Waals surface area (Å²) in [5.74, 6) is 0. The molecule has 0 fully saturated rings. The Hall–Kier alpha value is -4.50. The molecule has 0 saturated carbocycles. The maximum atomic E-state index is 4.75. The Morgan fingerprint density at radius 2 is 1.18 bits per heavy atom. The van der Waals surface area contributed by atoms with Crippen LogP contribution in [-0.2, 0) is 0 Å². The van der Waals surface area contributed by atoms with E-state index in [0.29, 0.717) is 0 Å². The minimum Gasteiger partial charge on any atom is -0.316 e. The highest BCUT2D eigenvalue weighted by molar-refractivity contribution is 6.95. The maximum absolute atomic E-state index is 4.75. The maximum Gasteiger partial charge on any atom is 0.251 e. The second kappa shape index (κ2) is 9.60. The van der Waals surface area contributed by atoms with Crippen molar-refractivity contribution in [2.75, 3.05) is 9.80 Å². The molecule has 3 heteroatoms. The van der Waals surface area contributed by atoms with Crippen LogP contribution in [0, 0.1) is 0 Å². The van der Waals surface area contributed by atoms with Crippen LogP contribution in [0.1, 0.15) is 34.6 Å². The monoisotopic (exact) mass is 518 g/mol. The molecule has 2 aliphatic rings. The van der Waals surface area contributed by atoms with Crippen LogP contribution >= 0.6 is 0 Å². The van der Waals surface area contributed by atoms with E-state index in [1.165, 1.54) is 54.9 Å². The van der Waals surface area contributed by atoms with Crippen molar-refractivity contribution in [3.8, 4) is 0 Å². The first kappa shape index (κ1) is 25.8. The number of fused-ring (bicyclic) bond motifs is 7. The molecule has 0 aliphatic carbocycles. The number of hydrogen-bond donors (Lipinski definition) is 0. The average Bonchev–Trinajstić information content (AvgIpc) is 2.90. The van der Waals surface area contributed by atoms with Gasteiger partial charge in [0.2, 0.25) is 0 Å². The van der Waals surface area contributed by atoms with E-state index in [4.69, 9.17) is 6.58 Å². The molecular formula is C37H35BN2. The van der Waals surface area contributed by atoms with Crippen LogP contribution in [0.5, 0.6) is 0 Å². The molecule has 2 nitrogen and oxygen atoms in total. The van der Waals surface area contributed by atoms with Gasteiger partial charge in [-0.1, -0.05) is 91.5 Å². The van der Waals surface area contributed by atoms with Crippen molar-refractivity contribution in [3.05, 3.63) is 144 Å². The second-order valence-electron chi connectivity index (χ2n) is 11.4. The summed E-state index contributed by atoms with van der Waals surface area (Å²) in [4.78, 5) is 4.65. The Labute approximate surface area is 238 Å². The summed E-state index contributed by atoms with van der Waals surface area (Å²) in [6, 6.07) is 26.7. The highest BCUT2D eigenvalue weighted by atomic mass is 15.2. The van der Waals surface area contributed by atoms with Crippen LogP contribution in [0.2, 0.25) is 0 Å². The van der Waals surface area contributed by atoms with Crippen LogP contribution in [0.3, 0.4) is 0 Å². The third kappa shape index (κ3) is 4.05. The zero-order valence-corrected chi connectivity index (χ0v) is 24.2. The highest BCUT2D eigenvalue weighted by Gasteiger charge is 2.43. The van der Waals surface area contributed by atoms with E-state index in [1.807, 2.05) is 6.92 Å². The number of allylic oxidation sites excluding steroid dienone is 7. The number of nitrogens with zero attached hydrogens (tertiary/aromatic N) is 2. The van der Waals surface area contributed by atoms with E-state index >= 15 is 0 Å². The van der Waals surface area contributed by atoms with Gasteiger partial charge in [-0.3, -0.25) is 0 Å². The number of benzene rings is 4. The molecule has 0 unspecified atom stereocenters. The van der Waals surface area contributed by atoms with Gasteiger partial charge in [-0.15, -0.1) is 0 Å². The van der Waals surface area contributed by atoms with Crippen LogP contribution in [0.25, 0.3) is 21.5 Å². The Kier molecular flexibility index (Phi) is 6.19. The first-order valence-electron chi connectivity index (χ1n) is 13.9. The summed E-state index contributed by atoms with van der Waals surface area (Å²) in [5.41, 5.74) is 12.6. The van der Waals surface area contributed by atoms with Crippen molar-refractivity contribution in [1.29, 1.82) is 0 Å². The topological polar surface area (TPSA) is 6.48 Å². The van der Waals surface area contributed by atoms with E-state index in [9.17, 15) is 0 Å². The zero-order valence-electron chi connectivity index (χ0n) is 24.2. The third-order valence-electron chi connectivity index (χ3n) is 8.04. The molecule has 0 atom stereocenters. The Bertz CT molecular complexity index is 1860. The molecule has 0 aromatic heterocycles. The van der Waals surface area contributed by atoms with Gasteiger partial charge in [0.25, 0.3) is 6.71 Å². The molecule has 2 heterocycles. The standard InChI is InChI=1S/C37H35BN2/c1-23(2)17-25(5)39-27(7)37-28(8)40(26(6)18-24(3)4)36-22-32-16-12-10-14-30(32)20-34(36)38(37)33-19-29-13-9-11-15-31(29)21-35(33)39/h9-22H,1,6-7H2,2-5,8H3/b25-17+. The summed E-state index contributed by atoms with van der Waals surface area (Å²) >= 11 is 0. The van der Waals surface area contributed by atoms with E-state index in [1.54, 1.807) is 0 Å². The molecule has 4 aromatic carbocycles. The predicted molar refractivity (Wildman–Crippen MR) is 177 cm³/mol. The van der Waals surface area contributed by atoms with Crippen LogP contribution in [0.15, 0.2) is 144 Å². The molecule has 0 spiro atoms. The molecule has 0 saturated heterocycles. The number of hydrogen-bond acceptors (Lipinski definition) is 2. The van der Waals surface area contributed by atoms with Crippen LogP contribution in [-0.4, -0.2) is 6.71 Å². The Morgan fingerprint density at radius 3 is 1.65 bits per heavy atom. The minimum atomic E-state index is 0.0522. The van der Waals surface area contributed by atoms with E-state index in [-0.39, 0.29) is 6.71 Å². The molecule has 6 rings (SSSR count). The summed E-state index contributed by atoms with van der Waals surface area (Å²) in [6.45, 7) is 24.2. The van der Waals surface area contributed by atoms with Crippen LogP contribution < -0.4 is 20.7 Å². The number of rotatable bonds is 4. The quantitative estimate of drug-likeness (QED) is 0.197. The van der Waals surface area contributed by atoms with Crippen molar-refractivity contribution >= 4 is 50.6 Å². The molecule has 2 aliphatic heterocycles. The molecule has 4 aromatic rings. The third-order valence-corrected chi connectivity index (χ3v) is 8.04. The second-order valence-corrected chi connectivity index (χ2v) is 11.4. The Balaban J connectivity index is 1.73. The normalized spacial score (nSPS) is 14.8. The lowest BCUT2D eigenvalue weighted by Crippen LogP contribution is -2.56. The van der Waals surface area contributed by atoms with Crippen LogP contribution in [0.4, 0.5) is 11.4 Å². The molecule has 0 N–H and O–H groups in total. The van der Waals surface area contributed by atoms with Gasteiger partial charge < -0.3 is 9.80 Å². The molecule has 0 radical (unpaired) electrons. The summed E-state index contributed by atoms with van der Waals surface area (Å²) in [7, 11) is 0. The van der Waals surface area contributed by atoms with Gasteiger partial charge in [0.15, 0.2) is 0 Å². The molecular weight excluding hydrogens is 483 g/mol. The lowest BCUT2D eigenvalue weighted by molar-refractivity contribution is 1.03. The smallest absolute Gasteiger partial charge is 0.251 e. The van der Waals surface area contributed by atoms with Crippen molar-refractivity contribution in [2.24, 2.45) is 0 Å². The predicted octanol–water partition coefficient (Wildman–Crippen LogP) is 8.53. The van der Waals surface area contributed by atoms with Gasteiger partial charge in [0.1, 0.15) is 0 Å². The van der Waals surface area contributed by atoms with Gasteiger partial charge in [-0.25, -0.2) is 0 Å². The fourth-order valence-corrected chi connectivity index (χ4v) is 6.56. The minimum absolute atomic E-state index is 0.0522. The van der Waals surface area contributed by atoms with Gasteiger partial charge >= 0.3 is 0 Å². The van der Waals surface area contributed by atoms with Gasteiger partial charge in [0.05, 0.1) is 0 Å². The lowest BCUT2D eigenvalue weighted by atomic mass is 9.32. The van der Waals surface area contributed by atoms with E-state index in [2.05, 4.69) is 136 Å². The van der Waals surface area contributed by atoms with E-state index in [0.717, 1.165) is 28.4 Å². The highest BCUT2D eigenvalue weighted by Crippen LogP contribution is 2.42. The fourth-order valence-electron chi connectivity index (χ4n) is 6.56. The fraction of sp³-hybridized carbons (Fsp3) is 0.135. The van der Waals surface area contributed by atoms with Crippen molar-refractivity contribution in [3.63, 3.8) is 0 Å². The largest absolute Gasteiger partial charge is 0.316 e. The SMILES string of the molecule is C=C(C)/C=C(\C)N1C(=C)C2=C(C)N(C(=C)C=C(C)C)c3cc4ccccc4cc3B2c2cc3ccccc3cc21. The van der Waals surface area contributed by atoms with Gasteiger partial charge in [-0.2, -0.15) is 0 Å².